The second-order valence-corrected chi connectivity index (χ2v) is 10.9. The van der Waals surface area contributed by atoms with Gasteiger partial charge in [-0.05, 0) is 52.4 Å². The highest BCUT2D eigenvalue weighted by Crippen LogP contribution is 2.36. The maximum Gasteiger partial charge on any atom is 0.416 e. The monoisotopic (exact) mass is 567 g/mol. The van der Waals surface area contributed by atoms with Gasteiger partial charge in [-0.25, -0.2) is 13.1 Å². The fourth-order valence-corrected chi connectivity index (χ4v) is 5.85. The van der Waals surface area contributed by atoms with Crippen molar-refractivity contribution in [3.05, 3.63) is 74.0 Å². The molecular weight excluding hydrogens is 558 g/mol. The minimum Gasteiger partial charge on any atom is -0.279 e. The molecule has 0 atom stereocenters. The molecule has 34 heavy (non-hydrogen) atoms. The molecule has 0 radical (unpaired) electrons. The third-order valence-corrected chi connectivity index (χ3v) is 8.10. The van der Waals surface area contributed by atoms with Crippen molar-refractivity contribution in [2.24, 2.45) is 0 Å². The van der Waals surface area contributed by atoms with Crippen molar-refractivity contribution in [1.82, 2.24) is 20.2 Å². The third-order valence-electron chi connectivity index (χ3n) is 4.53. The number of alkyl halides is 3. The van der Waals surface area contributed by atoms with Gasteiger partial charge < -0.3 is 0 Å². The summed E-state index contributed by atoms with van der Waals surface area (Å²) in [6.07, 6.45) is -4.71. The molecule has 2 heterocycles. The van der Waals surface area contributed by atoms with Gasteiger partial charge in [0, 0.05) is 0 Å². The number of benzene rings is 2. The lowest BCUT2D eigenvalue weighted by Gasteiger charge is -2.16. The van der Waals surface area contributed by atoms with Crippen molar-refractivity contribution < 1.29 is 21.6 Å². The van der Waals surface area contributed by atoms with Gasteiger partial charge in [0.05, 0.1) is 37.1 Å². The van der Waals surface area contributed by atoms with E-state index in [2.05, 4.69) is 20.2 Å². The van der Waals surface area contributed by atoms with Gasteiger partial charge >= 0.3 is 6.18 Å². The molecule has 1 N–H and O–H groups in total. The summed E-state index contributed by atoms with van der Waals surface area (Å²) in [6.45, 7) is -0.142. The summed E-state index contributed by atoms with van der Waals surface area (Å²) >= 11 is 19.1. The molecule has 4 rings (SSSR count). The first-order valence-corrected chi connectivity index (χ1v) is 12.6. The molecule has 0 bridgehead atoms. The van der Waals surface area contributed by atoms with Crippen LogP contribution in [0.2, 0.25) is 14.4 Å². The highest BCUT2D eigenvalue weighted by atomic mass is 35.5. The number of hydrogen-bond donors (Lipinski definition) is 1. The number of rotatable bonds is 6. The molecule has 15 heteroatoms. The maximum absolute atomic E-state index is 13.4. The maximum atomic E-state index is 13.4. The van der Waals surface area contributed by atoms with Crippen molar-refractivity contribution in [1.29, 1.82) is 0 Å². The van der Waals surface area contributed by atoms with Gasteiger partial charge in [0.25, 0.3) is 10.0 Å². The van der Waals surface area contributed by atoms with E-state index in [0.29, 0.717) is 21.1 Å². The fraction of sp³-hybridized carbons (Fsp3) is 0.105. The Morgan fingerprint density at radius 2 is 1.82 bits per heavy atom. The van der Waals surface area contributed by atoms with Crippen LogP contribution in [0.1, 0.15) is 11.1 Å². The van der Waals surface area contributed by atoms with Gasteiger partial charge in [-0.3, -0.25) is 4.72 Å². The predicted molar refractivity (Wildman–Crippen MR) is 124 cm³/mol. The zero-order valence-electron chi connectivity index (χ0n) is 16.5. The van der Waals surface area contributed by atoms with Crippen LogP contribution in [0.3, 0.4) is 0 Å². The molecule has 0 aliphatic rings. The van der Waals surface area contributed by atoms with Crippen LogP contribution in [0.5, 0.6) is 0 Å². The van der Waals surface area contributed by atoms with Crippen LogP contribution in [-0.4, -0.2) is 28.6 Å². The number of nitrogens with one attached hydrogen (secondary N) is 1. The molecule has 0 aliphatic carbocycles. The number of aromatic nitrogens is 4. The molecule has 2 aromatic carbocycles. The van der Waals surface area contributed by atoms with Crippen molar-refractivity contribution in [2.45, 2.75) is 17.6 Å². The topological polar surface area (TPSA) is 89.8 Å². The first kappa shape index (κ1) is 24.7. The summed E-state index contributed by atoms with van der Waals surface area (Å²) in [5.41, 5.74) is -1.20. The number of nitrogens with zero attached hydrogens (tertiary/aromatic N) is 4. The molecule has 0 fully saturated rings. The van der Waals surface area contributed by atoms with Gasteiger partial charge in [0.15, 0.2) is 5.82 Å². The predicted octanol–water partition coefficient (Wildman–Crippen LogP) is 6.23. The van der Waals surface area contributed by atoms with E-state index in [1.807, 2.05) is 0 Å². The van der Waals surface area contributed by atoms with E-state index in [4.69, 9.17) is 34.8 Å². The van der Waals surface area contributed by atoms with E-state index < -0.39 is 21.8 Å². The van der Waals surface area contributed by atoms with Crippen molar-refractivity contribution in [3.8, 4) is 10.7 Å². The summed E-state index contributed by atoms with van der Waals surface area (Å²) in [5.74, 6) is 0.309. The van der Waals surface area contributed by atoms with E-state index in [0.717, 1.165) is 12.1 Å². The normalized spacial score (nSPS) is 12.2. The molecule has 0 aliphatic heterocycles. The lowest BCUT2D eigenvalue weighted by atomic mass is 10.1. The van der Waals surface area contributed by atoms with Crippen LogP contribution >= 0.6 is 46.1 Å². The zero-order chi connectivity index (χ0) is 24.7. The number of thiophene rings is 1. The smallest absolute Gasteiger partial charge is 0.279 e. The summed E-state index contributed by atoms with van der Waals surface area (Å²) in [7, 11) is -4.40. The Kier molecular flexibility index (Phi) is 6.80. The Morgan fingerprint density at radius 3 is 2.50 bits per heavy atom. The Balaban J connectivity index is 1.77. The third kappa shape index (κ3) is 5.15. The lowest BCUT2D eigenvalue weighted by molar-refractivity contribution is -0.137. The molecule has 178 valence electrons. The van der Waals surface area contributed by atoms with Crippen molar-refractivity contribution in [3.63, 3.8) is 0 Å². The van der Waals surface area contributed by atoms with E-state index in [-0.39, 0.29) is 32.7 Å². The molecular formula is C19H11Cl3F3N5O2S2. The summed E-state index contributed by atoms with van der Waals surface area (Å²) in [5, 5.41) is 11.1. The lowest BCUT2D eigenvalue weighted by Crippen LogP contribution is -2.17. The molecule has 0 unspecified atom stereocenters. The molecule has 0 saturated carbocycles. The first-order chi connectivity index (χ1) is 16.0. The second kappa shape index (κ2) is 9.34. The first-order valence-electron chi connectivity index (χ1n) is 9.14. The van der Waals surface area contributed by atoms with Crippen LogP contribution in [0, 0.1) is 0 Å². The van der Waals surface area contributed by atoms with Crippen LogP contribution in [0.4, 0.5) is 18.9 Å². The summed E-state index contributed by atoms with van der Waals surface area (Å²) in [4.78, 5) is 0.233. The van der Waals surface area contributed by atoms with Gasteiger partial charge in [-0.15, -0.1) is 16.4 Å². The minimum atomic E-state index is -4.71. The summed E-state index contributed by atoms with van der Waals surface area (Å²) < 4.78 is 70.1. The number of halogens is 6. The van der Waals surface area contributed by atoms with Crippen LogP contribution in [-0.2, 0) is 22.7 Å². The second-order valence-electron chi connectivity index (χ2n) is 6.79. The van der Waals surface area contributed by atoms with Gasteiger partial charge in [0.1, 0.15) is 4.90 Å². The molecule has 7 nitrogen and oxygen atoms in total. The Labute approximate surface area is 210 Å². The average Bonchev–Trinajstić information content (AvgIpc) is 3.38. The number of hydrogen-bond acceptors (Lipinski definition) is 6. The molecule has 0 saturated heterocycles. The Hall–Kier alpha value is -2.38. The number of tetrazole rings is 1. The highest BCUT2D eigenvalue weighted by molar-refractivity contribution is 7.92. The molecule has 2 aromatic heterocycles. The van der Waals surface area contributed by atoms with E-state index in [1.54, 1.807) is 12.1 Å². The van der Waals surface area contributed by atoms with Crippen molar-refractivity contribution >= 4 is 61.9 Å². The van der Waals surface area contributed by atoms with Crippen molar-refractivity contribution in [2.75, 3.05) is 4.72 Å². The Morgan fingerprint density at radius 1 is 1.06 bits per heavy atom. The number of anilines is 1. The van der Waals surface area contributed by atoms with E-state index in [1.165, 1.54) is 34.2 Å². The van der Waals surface area contributed by atoms with E-state index in [9.17, 15) is 21.6 Å². The molecule has 4 aromatic rings. The standard InChI is InChI=1S/C19H11Cl3F3N5O2S2/c20-12-2-1-3-15(17(12)22)34(31,32)27-13-8-11(19(23,24)25)5-4-10(13)9-30-18(26-28-29-30)14-6-7-16(21)33-14/h1-8,27H,9H2. The SMILES string of the molecule is O=S(=O)(Nc1cc(C(F)(F)F)ccc1Cn1nnnc1-c1ccc(Cl)s1)c1cccc(Cl)c1Cl. The van der Waals surface area contributed by atoms with Gasteiger partial charge in [-0.2, -0.15) is 13.2 Å². The highest BCUT2D eigenvalue weighted by Gasteiger charge is 2.32. The largest absolute Gasteiger partial charge is 0.416 e. The van der Waals surface area contributed by atoms with Gasteiger partial charge in [-0.1, -0.05) is 46.9 Å². The molecule has 0 amide bonds. The Bertz CT molecular complexity index is 1470. The minimum absolute atomic E-state index is 0.0262. The zero-order valence-corrected chi connectivity index (χ0v) is 20.4. The molecule has 0 spiro atoms. The van der Waals surface area contributed by atoms with Crippen LogP contribution in [0.25, 0.3) is 10.7 Å². The quantitative estimate of drug-likeness (QED) is 0.298. The van der Waals surface area contributed by atoms with Crippen LogP contribution in [0.15, 0.2) is 53.4 Å². The van der Waals surface area contributed by atoms with Crippen LogP contribution < -0.4 is 4.72 Å². The fourth-order valence-electron chi connectivity index (χ4n) is 2.96. The van der Waals surface area contributed by atoms with E-state index >= 15 is 0 Å². The average molecular weight is 569 g/mol. The summed E-state index contributed by atoms with van der Waals surface area (Å²) in [6, 6.07) is 9.93. The van der Waals surface area contributed by atoms with Gasteiger partial charge in [0.2, 0.25) is 0 Å². The number of sulfonamides is 1.